The van der Waals surface area contributed by atoms with Crippen LogP contribution in [0.25, 0.3) is 0 Å². The van der Waals surface area contributed by atoms with Crippen LogP contribution < -0.4 is 5.32 Å². The van der Waals surface area contributed by atoms with E-state index < -0.39 is 0 Å². The van der Waals surface area contributed by atoms with Gasteiger partial charge in [-0.15, -0.1) is 0 Å². The number of likely N-dealkylation sites (N-methyl/N-ethyl adjacent to an activating group) is 2. The highest BCUT2D eigenvalue weighted by Gasteiger charge is 2.28. The van der Waals surface area contributed by atoms with Gasteiger partial charge in [0.05, 0.1) is 0 Å². The van der Waals surface area contributed by atoms with Crippen LogP contribution >= 0.6 is 0 Å². The molecule has 18 heavy (non-hydrogen) atoms. The van der Waals surface area contributed by atoms with E-state index in [0.29, 0.717) is 17.5 Å². The van der Waals surface area contributed by atoms with Crippen molar-refractivity contribution >= 4 is 0 Å². The smallest absolute Gasteiger partial charge is 0.0243 e. The minimum atomic E-state index is 0.327. The maximum Gasteiger partial charge on any atom is 0.0243 e. The molecule has 108 valence electrons. The fourth-order valence-electron chi connectivity index (χ4n) is 2.82. The molecule has 2 unspecified atom stereocenters. The molecule has 2 atom stereocenters. The lowest BCUT2D eigenvalue weighted by Crippen LogP contribution is -2.51. The maximum absolute atomic E-state index is 3.67. The lowest BCUT2D eigenvalue weighted by atomic mass is 9.86. The Balaban J connectivity index is 2.61. The Morgan fingerprint density at radius 3 is 2.50 bits per heavy atom. The molecule has 1 saturated heterocycles. The minimum absolute atomic E-state index is 0.327. The third-order valence-electron chi connectivity index (χ3n) is 4.10. The zero-order valence-electron chi connectivity index (χ0n) is 13.3. The molecule has 0 aliphatic carbocycles. The Morgan fingerprint density at radius 1 is 1.28 bits per heavy atom. The summed E-state index contributed by atoms with van der Waals surface area (Å²) in [5.74, 6) is 0. The summed E-state index contributed by atoms with van der Waals surface area (Å²) < 4.78 is 0. The van der Waals surface area contributed by atoms with Crippen molar-refractivity contribution in [1.29, 1.82) is 0 Å². The lowest BCUT2D eigenvalue weighted by molar-refractivity contribution is 0.140. The number of rotatable bonds is 4. The SMILES string of the molecule is CCNC(CN1CCCN(C)CC1C)C(C)(C)C. The van der Waals surface area contributed by atoms with Gasteiger partial charge in [0.2, 0.25) is 0 Å². The molecule has 0 aromatic rings. The van der Waals surface area contributed by atoms with Crippen LogP contribution in [0.3, 0.4) is 0 Å². The molecule has 0 amide bonds. The van der Waals surface area contributed by atoms with Gasteiger partial charge < -0.3 is 10.2 Å². The molecular formula is C15H33N3. The average Bonchev–Trinajstić information content (AvgIpc) is 2.38. The first-order valence-corrected chi connectivity index (χ1v) is 7.50. The second-order valence-electron chi connectivity index (χ2n) is 6.94. The van der Waals surface area contributed by atoms with E-state index in [4.69, 9.17) is 0 Å². The van der Waals surface area contributed by atoms with E-state index in [1.807, 2.05) is 0 Å². The lowest BCUT2D eigenvalue weighted by Gasteiger charge is -2.38. The standard InChI is InChI=1S/C15H33N3/c1-7-16-14(15(3,4)5)12-18-10-8-9-17(6)11-13(18)2/h13-14,16H,7-12H2,1-6H3. The molecule has 3 nitrogen and oxygen atoms in total. The van der Waals surface area contributed by atoms with Gasteiger partial charge in [0.1, 0.15) is 0 Å². The maximum atomic E-state index is 3.67. The van der Waals surface area contributed by atoms with E-state index in [1.54, 1.807) is 0 Å². The van der Waals surface area contributed by atoms with E-state index in [-0.39, 0.29) is 0 Å². The normalized spacial score (nSPS) is 26.0. The molecule has 1 rings (SSSR count). The van der Waals surface area contributed by atoms with Gasteiger partial charge in [-0.2, -0.15) is 0 Å². The van der Waals surface area contributed by atoms with Crippen LogP contribution in [0.2, 0.25) is 0 Å². The Bertz CT molecular complexity index is 234. The highest BCUT2D eigenvalue weighted by atomic mass is 15.2. The first-order valence-electron chi connectivity index (χ1n) is 7.50. The zero-order chi connectivity index (χ0) is 13.8. The van der Waals surface area contributed by atoms with E-state index in [9.17, 15) is 0 Å². The Labute approximate surface area is 114 Å². The Hall–Kier alpha value is -0.120. The van der Waals surface area contributed by atoms with Crippen LogP contribution in [0.5, 0.6) is 0 Å². The number of hydrogen-bond acceptors (Lipinski definition) is 3. The number of nitrogens with one attached hydrogen (secondary N) is 1. The predicted octanol–water partition coefficient (Wildman–Crippen LogP) is 2.04. The summed E-state index contributed by atoms with van der Waals surface area (Å²) in [6, 6.07) is 1.24. The van der Waals surface area contributed by atoms with E-state index in [2.05, 4.69) is 56.8 Å². The monoisotopic (exact) mass is 255 g/mol. The van der Waals surface area contributed by atoms with Crippen LogP contribution in [0.15, 0.2) is 0 Å². The largest absolute Gasteiger partial charge is 0.312 e. The Kier molecular flexibility index (Phi) is 6.09. The van der Waals surface area contributed by atoms with Crippen LogP contribution in [0, 0.1) is 5.41 Å². The fraction of sp³-hybridized carbons (Fsp3) is 1.00. The van der Waals surface area contributed by atoms with Crippen molar-refractivity contribution in [3.63, 3.8) is 0 Å². The summed E-state index contributed by atoms with van der Waals surface area (Å²) in [5.41, 5.74) is 0.327. The molecule has 0 aromatic carbocycles. The van der Waals surface area contributed by atoms with Crippen molar-refractivity contribution in [2.24, 2.45) is 5.41 Å². The number of hydrogen-bond donors (Lipinski definition) is 1. The third-order valence-corrected chi connectivity index (χ3v) is 4.10. The van der Waals surface area contributed by atoms with Crippen molar-refractivity contribution in [3.05, 3.63) is 0 Å². The van der Waals surface area contributed by atoms with Gasteiger partial charge in [0.15, 0.2) is 0 Å². The summed E-state index contributed by atoms with van der Waals surface area (Å²) in [6.45, 7) is 17.5. The van der Waals surface area contributed by atoms with E-state index in [0.717, 1.165) is 6.54 Å². The van der Waals surface area contributed by atoms with Crippen molar-refractivity contribution < 1.29 is 0 Å². The van der Waals surface area contributed by atoms with Gasteiger partial charge in [-0.05, 0) is 45.4 Å². The molecule has 3 heteroatoms. The molecule has 1 aliphatic heterocycles. The first kappa shape index (κ1) is 15.9. The summed E-state index contributed by atoms with van der Waals surface area (Å²) in [6.07, 6.45) is 1.30. The first-order chi connectivity index (χ1) is 8.34. The summed E-state index contributed by atoms with van der Waals surface area (Å²) in [5, 5.41) is 3.67. The zero-order valence-corrected chi connectivity index (χ0v) is 13.3. The molecule has 0 bridgehead atoms. The van der Waals surface area contributed by atoms with Crippen molar-refractivity contribution in [1.82, 2.24) is 15.1 Å². The van der Waals surface area contributed by atoms with Crippen molar-refractivity contribution in [3.8, 4) is 0 Å². The molecule has 1 fully saturated rings. The quantitative estimate of drug-likeness (QED) is 0.829. The van der Waals surface area contributed by atoms with Gasteiger partial charge in [-0.1, -0.05) is 27.7 Å². The molecule has 0 spiro atoms. The third kappa shape index (κ3) is 4.87. The van der Waals surface area contributed by atoms with Crippen LogP contribution in [0.1, 0.15) is 41.0 Å². The van der Waals surface area contributed by atoms with Gasteiger partial charge in [-0.3, -0.25) is 4.90 Å². The van der Waals surface area contributed by atoms with Crippen LogP contribution in [-0.2, 0) is 0 Å². The van der Waals surface area contributed by atoms with Gasteiger partial charge >= 0.3 is 0 Å². The second kappa shape index (κ2) is 6.88. The molecular weight excluding hydrogens is 222 g/mol. The molecule has 0 radical (unpaired) electrons. The minimum Gasteiger partial charge on any atom is -0.312 e. The molecule has 0 aromatic heterocycles. The van der Waals surface area contributed by atoms with Crippen molar-refractivity contribution in [2.75, 3.05) is 39.8 Å². The van der Waals surface area contributed by atoms with Gasteiger partial charge in [-0.25, -0.2) is 0 Å². The summed E-state index contributed by atoms with van der Waals surface area (Å²) in [4.78, 5) is 5.13. The highest BCUT2D eigenvalue weighted by Crippen LogP contribution is 2.21. The highest BCUT2D eigenvalue weighted by molar-refractivity contribution is 4.86. The molecule has 1 N–H and O–H groups in total. The number of nitrogens with zero attached hydrogens (tertiary/aromatic N) is 2. The second-order valence-corrected chi connectivity index (χ2v) is 6.94. The van der Waals surface area contributed by atoms with Gasteiger partial charge in [0.25, 0.3) is 0 Å². The summed E-state index contributed by atoms with van der Waals surface area (Å²) >= 11 is 0. The topological polar surface area (TPSA) is 18.5 Å². The molecule has 1 heterocycles. The fourth-order valence-corrected chi connectivity index (χ4v) is 2.82. The predicted molar refractivity (Wildman–Crippen MR) is 80.1 cm³/mol. The van der Waals surface area contributed by atoms with Gasteiger partial charge in [0, 0.05) is 25.2 Å². The van der Waals surface area contributed by atoms with Crippen LogP contribution in [-0.4, -0.2) is 61.7 Å². The average molecular weight is 255 g/mol. The van der Waals surface area contributed by atoms with E-state index in [1.165, 1.54) is 32.6 Å². The molecule has 0 saturated carbocycles. The van der Waals surface area contributed by atoms with Crippen LogP contribution in [0.4, 0.5) is 0 Å². The van der Waals surface area contributed by atoms with Crippen molar-refractivity contribution in [2.45, 2.75) is 53.1 Å². The summed E-state index contributed by atoms with van der Waals surface area (Å²) in [7, 11) is 2.24. The van der Waals surface area contributed by atoms with E-state index >= 15 is 0 Å². The molecule has 1 aliphatic rings. The Morgan fingerprint density at radius 2 is 1.94 bits per heavy atom.